The molecule has 1 aromatic rings. The Bertz CT molecular complexity index is 234. The van der Waals surface area contributed by atoms with Gasteiger partial charge in [0.15, 0.2) is 0 Å². The van der Waals surface area contributed by atoms with E-state index in [0.717, 1.165) is 13.1 Å². The van der Waals surface area contributed by atoms with Gasteiger partial charge >= 0.3 is 0 Å². The lowest BCUT2D eigenvalue weighted by molar-refractivity contribution is 0.280. The van der Waals surface area contributed by atoms with E-state index in [4.69, 9.17) is 0 Å². The molecule has 0 spiro atoms. The second-order valence-electron chi connectivity index (χ2n) is 3.77. The van der Waals surface area contributed by atoms with Crippen LogP contribution in [-0.2, 0) is 6.42 Å². The summed E-state index contributed by atoms with van der Waals surface area (Å²) in [4.78, 5) is 4.04. The molecule has 1 aromatic heterocycles. The van der Waals surface area contributed by atoms with Gasteiger partial charge in [-0.25, -0.2) is 0 Å². The van der Waals surface area contributed by atoms with Crippen LogP contribution in [0, 0.1) is 0 Å². The van der Waals surface area contributed by atoms with E-state index in [9.17, 15) is 0 Å². The molecule has 0 aromatic carbocycles. The minimum Gasteiger partial charge on any atom is -0.318 e. The molecule has 0 saturated heterocycles. The van der Waals surface area contributed by atoms with Gasteiger partial charge < -0.3 is 10.2 Å². The molecular formula is C12H22N2S. The molecule has 2 nitrogen and oxygen atoms in total. The SMILES string of the molecule is CCCN(CCNC)CCc1cccs1. The molecule has 0 bridgehead atoms. The van der Waals surface area contributed by atoms with Crippen LogP contribution in [0.1, 0.15) is 18.2 Å². The Morgan fingerprint density at radius 1 is 1.33 bits per heavy atom. The minimum absolute atomic E-state index is 1.09. The summed E-state index contributed by atoms with van der Waals surface area (Å²) in [5, 5.41) is 5.37. The number of thiophene rings is 1. The number of hydrogen-bond acceptors (Lipinski definition) is 3. The van der Waals surface area contributed by atoms with E-state index in [2.05, 4.69) is 34.7 Å². The van der Waals surface area contributed by atoms with Crippen molar-refractivity contribution in [3.8, 4) is 0 Å². The summed E-state index contributed by atoms with van der Waals surface area (Å²) in [6.45, 7) is 6.90. The Kier molecular flexibility index (Phi) is 6.64. The third-order valence-corrected chi connectivity index (χ3v) is 3.41. The molecule has 86 valence electrons. The first-order chi connectivity index (χ1) is 7.36. The van der Waals surface area contributed by atoms with Gasteiger partial charge in [0.1, 0.15) is 0 Å². The van der Waals surface area contributed by atoms with Crippen LogP contribution in [0.15, 0.2) is 17.5 Å². The van der Waals surface area contributed by atoms with E-state index < -0.39 is 0 Å². The molecule has 1 N–H and O–H groups in total. The van der Waals surface area contributed by atoms with Crippen molar-refractivity contribution in [3.05, 3.63) is 22.4 Å². The van der Waals surface area contributed by atoms with Crippen LogP contribution in [0.4, 0.5) is 0 Å². The standard InChI is InChI=1S/C12H22N2S/c1-3-8-14(10-7-13-2)9-6-12-5-4-11-15-12/h4-5,11,13H,3,6-10H2,1-2H3. The summed E-state index contributed by atoms with van der Waals surface area (Å²) < 4.78 is 0. The molecule has 0 unspecified atom stereocenters. The highest BCUT2D eigenvalue weighted by molar-refractivity contribution is 7.09. The number of nitrogens with zero attached hydrogens (tertiary/aromatic N) is 1. The highest BCUT2D eigenvalue weighted by Gasteiger charge is 2.03. The molecule has 15 heavy (non-hydrogen) atoms. The van der Waals surface area contributed by atoms with Crippen molar-refractivity contribution in [1.82, 2.24) is 10.2 Å². The first kappa shape index (κ1) is 12.7. The van der Waals surface area contributed by atoms with Crippen molar-refractivity contribution in [2.24, 2.45) is 0 Å². The predicted octanol–water partition coefficient (Wildman–Crippen LogP) is 2.22. The quantitative estimate of drug-likeness (QED) is 0.731. The van der Waals surface area contributed by atoms with Crippen molar-refractivity contribution in [2.75, 3.05) is 33.2 Å². The van der Waals surface area contributed by atoms with Gasteiger partial charge in [-0.1, -0.05) is 13.0 Å². The normalized spacial score (nSPS) is 11.1. The Morgan fingerprint density at radius 2 is 2.20 bits per heavy atom. The number of rotatable bonds is 8. The summed E-state index contributed by atoms with van der Waals surface area (Å²) in [6.07, 6.45) is 2.44. The van der Waals surface area contributed by atoms with E-state index >= 15 is 0 Å². The summed E-state index contributed by atoms with van der Waals surface area (Å²) in [5.41, 5.74) is 0. The van der Waals surface area contributed by atoms with Crippen molar-refractivity contribution in [1.29, 1.82) is 0 Å². The Morgan fingerprint density at radius 3 is 2.80 bits per heavy atom. The van der Waals surface area contributed by atoms with Crippen molar-refractivity contribution < 1.29 is 0 Å². The maximum absolute atomic E-state index is 3.21. The fourth-order valence-corrected chi connectivity index (χ4v) is 2.34. The molecule has 0 aliphatic heterocycles. The Hall–Kier alpha value is -0.380. The first-order valence-corrected chi connectivity index (χ1v) is 6.64. The maximum Gasteiger partial charge on any atom is 0.0107 e. The van der Waals surface area contributed by atoms with Crippen LogP contribution in [0.2, 0.25) is 0 Å². The van der Waals surface area contributed by atoms with Crippen LogP contribution in [-0.4, -0.2) is 38.1 Å². The van der Waals surface area contributed by atoms with Crippen molar-refractivity contribution in [2.45, 2.75) is 19.8 Å². The van der Waals surface area contributed by atoms with Crippen LogP contribution < -0.4 is 5.32 Å². The highest BCUT2D eigenvalue weighted by atomic mass is 32.1. The fraction of sp³-hybridized carbons (Fsp3) is 0.667. The van der Waals surface area contributed by atoms with Gasteiger partial charge in [-0.3, -0.25) is 0 Å². The molecule has 0 amide bonds. The summed E-state index contributed by atoms with van der Waals surface area (Å²) >= 11 is 1.86. The van der Waals surface area contributed by atoms with Gasteiger partial charge in [0.2, 0.25) is 0 Å². The van der Waals surface area contributed by atoms with Gasteiger partial charge in [0.25, 0.3) is 0 Å². The summed E-state index contributed by atoms with van der Waals surface area (Å²) in [6, 6.07) is 4.37. The lowest BCUT2D eigenvalue weighted by Crippen LogP contribution is -2.33. The van der Waals surface area contributed by atoms with Gasteiger partial charge in [-0.2, -0.15) is 0 Å². The molecule has 0 saturated carbocycles. The molecule has 0 aliphatic carbocycles. The highest BCUT2D eigenvalue weighted by Crippen LogP contribution is 2.09. The van der Waals surface area contributed by atoms with Crippen molar-refractivity contribution >= 4 is 11.3 Å². The lowest BCUT2D eigenvalue weighted by Gasteiger charge is -2.20. The van der Waals surface area contributed by atoms with Gasteiger partial charge in [-0.05, 0) is 37.9 Å². The second-order valence-corrected chi connectivity index (χ2v) is 4.81. The molecule has 3 heteroatoms. The van der Waals surface area contributed by atoms with Gasteiger partial charge in [0, 0.05) is 24.5 Å². The van der Waals surface area contributed by atoms with E-state index in [1.165, 1.54) is 30.8 Å². The van der Waals surface area contributed by atoms with Crippen LogP contribution in [0.3, 0.4) is 0 Å². The second kappa shape index (κ2) is 7.85. The largest absolute Gasteiger partial charge is 0.318 e. The zero-order chi connectivity index (χ0) is 10.9. The predicted molar refractivity (Wildman–Crippen MR) is 68.7 cm³/mol. The zero-order valence-electron chi connectivity index (χ0n) is 9.83. The summed E-state index contributed by atoms with van der Waals surface area (Å²) in [7, 11) is 2.02. The Labute approximate surface area is 97.3 Å². The van der Waals surface area contributed by atoms with E-state index in [1.54, 1.807) is 0 Å². The summed E-state index contributed by atoms with van der Waals surface area (Å²) in [5.74, 6) is 0. The third-order valence-electron chi connectivity index (χ3n) is 2.47. The number of hydrogen-bond donors (Lipinski definition) is 1. The lowest BCUT2D eigenvalue weighted by atomic mass is 10.3. The van der Waals surface area contributed by atoms with Gasteiger partial charge in [0.05, 0.1) is 0 Å². The number of likely N-dealkylation sites (N-methyl/N-ethyl adjacent to an activating group) is 1. The van der Waals surface area contributed by atoms with E-state index in [0.29, 0.717) is 0 Å². The molecule has 0 fully saturated rings. The number of nitrogens with one attached hydrogen (secondary N) is 1. The monoisotopic (exact) mass is 226 g/mol. The topological polar surface area (TPSA) is 15.3 Å². The van der Waals surface area contributed by atoms with Crippen LogP contribution in [0.5, 0.6) is 0 Å². The smallest absolute Gasteiger partial charge is 0.0107 e. The van der Waals surface area contributed by atoms with E-state index in [-0.39, 0.29) is 0 Å². The molecule has 1 heterocycles. The fourth-order valence-electron chi connectivity index (χ4n) is 1.64. The molecule has 0 radical (unpaired) electrons. The van der Waals surface area contributed by atoms with Crippen LogP contribution in [0.25, 0.3) is 0 Å². The first-order valence-electron chi connectivity index (χ1n) is 5.76. The van der Waals surface area contributed by atoms with Crippen LogP contribution >= 0.6 is 11.3 Å². The minimum atomic E-state index is 1.09. The third kappa shape index (κ3) is 5.30. The Balaban J connectivity index is 2.24. The van der Waals surface area contributed by atoms with Gasteiger partial charge in [-0.15, -0.1) is 11.3 Å². The zero-order valence-corrected chi connectivity index (χ0v) is 10.6. The molecule has 0 atom stereocenters. The molecule has 1 rings (SSSR count). The average Bonchev–Trinajstić information content (AvgIpc) is 2.75. The van der Waals surface area contributed by atoms with E-state index in [1.807, 2.05) is 18.4 Å². The van der Waals surface area contributed by atoms with Crippen molar-refractivity contribution in [3.63, 3.8) is 0 Å². The maximum atomic E-state index is 3.21. The molecule has 0 aliphatic rings. The average molecular weight is 226 g/mol. The molecular weight excluding hydrogens is 204 g/mol.